The standard InChI is InChI=1S/C12H20N2OS/c13-10(16)12(6-1-2-7-12)11(15)14-8-9-4-3-5-9/h9H,1-8H2,(H2,13,16)(H,14,15). The predicted molar refractivity (Wildman–Crippen MR) is 68.0 cm³/mol. The molecule has 90 valence electrons. The number of hydrogen-bond acceptors (Lipinski definition) is 2. The molecule has 3 N–H and O–H groups in total. The second-order valence-electron chi connectivity index (χ2n) is 5.16. The third kappa shape index (κ3) is 2.08. The lowest BCUT2D eigenvalue weighted by atomic mass is 9.83. The average Bonchev–Trinajstić information content (AvgIpc) is 2.64. The van der Waals surface area contributed by atoms with Crippen LogP contribution >= 0.6 is 12.2 Å². The molecule has 1 amide bonds. The van der Waals surface area contributed by atoms with Crippen LogP contribution in [0.15, 0.2) is 0 Å². The maximum absolute atomic E-state index is 12.2. The van der Waals surface area contributed by atoms with Crippen LogP contribution in [0, 0.1) is 11.3 Å². The number of rotatable bonds is 4. The van der Waals surface area contributed by atoms with Gasteiger partial charge < -0.3 is 11.1 Å². The summed E-state index contributed by atoms with van der Waals surface area (Å²) in [6.45, 7) is 0.809. The molecule has 0 spiro atoms. The minimum atomic E-state index is -0.529. The second kappa shape index (κ2) is 4.70. The molecule has 2 aliphatic carbocycles. The molecule has 2 fully saturated rings. The van der Waals surface area contributed by atoms with Crippen molar-refractivity contribution in [2.45, 2.75) is 44.9 Å². The van der Waals surface area contributed by atoms with E-state index < -0.39 is 5.41 Å². The van der Waals surface area contributed by atoms with Gasteiger partial charge in [0, 0.05) is 6.54 Å². The third-order valence-electron chi connectivity index (χ3n) is 4.14. The summed E-state index contributed by atoms with van der Waals surface area (Å²) in [5.41, 5.74) is 5.23. The molecule has 0 bridgehead atoms. The lowest BCUT2D eigenvalue weighted by Crippen LogP contribution is -2.48. The summed E-state index contributed by atoms with van der Waals surface area (Å²) >= 11 is 5.08. The Morgan fingerprint density at radius 2 is 1.94 bits per heavy atom. The molecule has 0 aromatic heterocycles. The Bertz CT molecular complexity index is 293. The van der Waals surface area contributed by atoms with Gasteiger partial charge in [0.15, 0.2) is 0 Å². The van der Waals surface area contributed by atoms with Crippen molar-refractivity contribution in [3.05, 3.63) is 0 Å². The first-order chi connectivity index (χ1) is 7.65. The Balaban J connectivity index is 1.91. The van der Waals surface area contributed by atoms with Crippen molar-refractivity contribution in [2.75, 3.05) is 6.54 Å². The highest BCUT2D eigenvalue weighted by molar-refractivity contribution is 7.80. The van der Waals surface area contributed by atoms with Gasteiger partial charge >= 0.3 is 0 Å². The van der Waals surface area contributed by atoms with E-state index in [1.807, 2.05) is 0 Å². The second-order valence-corrected chi connectivity index (χ2v) is 5.60. The maximum atomic E-state index is 12.2. The largest absolute Gasteiger partial charge is 0.392 e. The summed E-state index contributed by atoms with van der Waals surface area (Å²) in [6.07, 6.45) is 7.60. The van der Waals surface area contributed by atoms with Crippen LogP contribution in [0.2, 0.25) is 0 Å². The van der Waals surface area contributed by atoms with Crippen LogP contribution in [-0.2, 0) is 4.79 Å². The lowest BCUT2D eigenvalue weighted by Gasteiger charge is -2.30. The summed E-state index contributed by atoms with van der Waals surface area (Å²) in [7, 11) is 0. The number of carbonyl (C=O) groups is 1. The fourth-order valence-electron chi connectivity index (χ4n) is 2.67. The Hall–Kier alpha value is -0.640. The van der Waals surface area contributed by atoms with Crippen LogP contribution in [0.4, 0.5) is 0 Å². The highest BCUT2D eigenvalue weighted by Crippen LogP contribution is 2.38. The molecule has 0 unspecified atom stereocenters. The zero-order chi connectivity index (χ0) is 11.6. The molecular formula is C12H20N2OS. The van der Waals surface area contributed by atoms with E-state index in [1.54, 1.807) is 0 Å². The smallest absolute Gasteiger partial charge is 0.233 e. The van der Waals surface area contributed by atoms with E-state index in [4.69, 9.17) is 18.0 Å². The van der Waals surface area contributed by atoms with Gasteiger partial charge in [-0.1, -0.05) is 31.5 Å². The van der Waals surface area contributed by atoms with Gasteiger partial charge in [-0.2, -0.15) is 0 Å². The van der Waals surface area contributed by atoms with E-state index in [0.29, 0.717) is 10.9 Å². The van der Waals surface area contributed by atoms with Gasteiger partial charge in [-0.15, -0.1) is 0 Å². The van der Waals surface area contributed by atoms with E-state index in [0.717, 1.165) is 32.2 Å². The van der Waals surface area contributed by atoms with Crippen LogP contribution in [0.1, 0.15) is 44.9 Å². The highest BCUT2D eigenvalue weighted by Gasteiger charge is 2.43. The molecule has 0 radical (unpaired) electrons. The molecule has 3 nitrogen and oxygen atoms in total. The Morgan fingerprint density at radius 1 is 1.31 bits per heavy atom. The topological polar surface area (TPSA) is 55.1 Å². The van der Waals surface area contributed by atoms with Crippen LogP contribution in [-0.4, -0.2) is 17.4 Å². The summed E-state index contributed by atoms with van der Waals surface area (Å²) in [4.78, 5) is 12.6. The van der Waals surface area contributed by atoms with Crippen LogP contribution in [0.25, 0.3) is 0 Å². The minimum absolute atomic E-state index is 0.0735. The average molecular weight is 240 g/mol. The molecule has 0 aliphatic heterocycles. The van der Waals surface area contributed by atoms with Gasteiger partial charge in [0.1, 0.15) is 0 Å². The van der Waals surface area contributed by atoms with Gasteiger partial charge in [-0.25, -0.2) is 0 Å². The predicted octanol–water partition coefficient (Wildman–Crippen LogP) is 1.75. The molecule has 0 aromatic carbocycles. The van der Waals surface area contributed by atoms with E-state index in [2.05, 4.69) is 5.32 Å². The molecule has 2 rings (SSSR count). The van der Waals surface area contributed by atoms with Crippen molar-refractivity contribution < 1.29 is 4.79 Å². The Morgan fingerprint density at radius 3 is 2.38 bits per heavy atom. The fourth-order valence-corrected chi connectivity index (χ4v) is 2.96. The highest BCUT2D eigenvalue weighted by atomic mass is 32.1. The van der Waals surface area contributed by atoms with Crippen LogP contribution in [0.5, 0.6) is 0 Å². The molecule has 4 heteroatoms. The van der Waals surface area contributed by atoms with Crippen LogP contribution in [0.3, 0.4) is 0 Å². The Kier molecular flexibility index (Phi) is 3.47. The molecule has 2 aliphatic rings. The van der Waals surface area contributed by atoms with Gasteiger partial charge in [-0.05, 0) is 31.6 Å². The molecular weight excluding hydrogens is 220 g/mol. The van der Waals surface area contributed by atoms with Gasteiger partial charge in [-0.3, -0.25) is 4.79 Å². The summed E-state index contributed by atoms with van der Waals surface area (Å²) in [5.74, 6) is 0.762. The molecule has 0 atom stereocenters. The number of hydrogen-bond donors (Lipinski definition) is 2. The number of nitrogens with two attached hydrogens (primary N) is 1. The molecule has 0 saturated heterocycles. The van der Waals surface area contributed by atoms with Crippen molar-refractivity contribution >= 4 is 23.1 Å². The van der Waals surface area contributed by atoms with E-state index in [1.165, 1.54) is 19.3 Å². The number of nitrogens with one attached hydrogen (secondary N) is 1. The van der Waals surface area contributed by atoms with Crippen molar-refractivity contribution in [3.63, 3.8) is 0 Å². The van der Waals surface area contributed by atoms with E-state index >= 15 is 0 Å². The molecule has 16 heavy (non-hydrogen) atoms. The first-order valence-corrected chi connectivity index (χ1v) is 6.64. The minimum Gasteiger partial charge on any atom is -0.392 e. The number of carbonyl (C=O) groups excluding carboxylic acids is 1. The lowest BCUT2D eigenvalue weighted by molar-refractivity contribution is -0.127. The summed E-state index contributed by atoms with van der Waals surface area (Å²) < 4.78 is 0. The number of thiocarbonyl (C=S) groups is 1. The summed E-state index contributed by atoms with van der Waals surface area (Å²) in [5, 5.41) is 3.04. The van der Waals surface area contributed by atoms with Crippen molar-refractivity contribution in [3.8, 4) is 0 Å². The third-order valence-corrected chi connectivity index (χ3v) is 4.53. The van der Waals surface area contributed by atoms with Crippen LogP contribution < -0.4 is 11.1 Å². The zero-order valence-corrected chi connectivity index (χ0v) is 10.4. The summed E-state index contributed by atoms with van der Waals surface area (Å²) in [6, 6.07) is 0. The normalized spacial score (nSPS) is 23.8. The fraction of sp³-hybridized carbons (Fsp3) is 0.833. The monoisotopic (exact) mass is 240 g/mol. The molecule has 0 aromatic rings. The maximum Gasteiger partial charge on any atom is 0.233 e. The molecule has 2 saturated carbocycles. The van der Waals surface area contributed by atoms with Crippen molar-refractivity contribution in [2.24, 2.45) is 17.1 Å². The quantitative estimate of drug-likeness (QED) is 0.736. The van der Waals surface area contributed by atoms with Crippen molar-refractivity contribution in [1.29, 1.82) is 0 Å². The first-order valence-electron chi connectivity index (χ1n) is 6.23. The van der Waals surface area contributed by atoms with Crippen molar-refractivity contribution in [1.82, 2.24) is 5.32 Å². The first kappa shape index (κ1) is 11.8. The van der Waals surface area contributed by atoms with E-state index in [-0.39, 0.29) is 5.91 Å². The van der Waals surface area contributed by atoms with E-state index in [9.17, 15) is 4.79 Å². The Labute approximate surface area is 102 Å². The van der Waals surface area contributed by atoms with Gasteiger partial charge in [0.2, 0.25) is 5.91 Å². The SMILES string of the molecule is NC(=S)C1(C(=O)NCC2CCC2)CCCC1. The number of amides is 1. The van der Waals surface area contributed by atoms with Gasteiger partial charge in [0.05, 0.1) is 10.4 Å². The zero-order valence-electron chi connectivity index (χ0n) is 9.63. The molecule has 0 heterocycles. The van der Waals surface area contributed by atoms with Gasteiger partial charge in [0.25, 0.3) is 0 Å².